The molecule has 25 heavy (non-hydrogen) atoms. The Balaban J connectivity index is 2.40. The molecule has 1 amide bonds. The Bertz CT molecular complexity index is 889. The number of carboxylic acids is 1. The molecule has 1 aromatic carbocycles. The van der Waals surface area contributed by atoms with E-state index in [9.17, 15) is 14.4 Å². The molecule has 1 atom stereocenters. The number of halogens is 1. The van der Waals surface area contributed by atoms with Gasteiger partial charge in [-0.1, -0.05) is 18.5 Å². The summed E-state index contributed by atoms with van der Waals surface area (Å²) >= 11 is 6.11. The van der Waals surface area contributed by atoms with Crippen LogP contribution in [0.25, 0.3) is 11.0 Å². The van der Waals surface area contributed by atoms with E-state index in [1.165, 1.54) is 13.2 Å². The second-order valence-corrected chi connectivity index (χ2v) is 5.93. The lowest BCUT2D eigenvalue weighted by Gasteiger charge is -2.13. The molecule has 134 valence electrons. The molecule has 7 nitrogen and oxygen atoms in total. The number of carboxylic acid groups (broad SMARTS) is 1. The molecule has 1 aromatic heterocycles. The summed E-state index contributed by atoms with van der Waals surface area (Å²) in [6, 6.07) is 2.11. The van der Waals surface area contributed by atoms with Gasteiger partial charge in [-0.25, -0.2) is 9.59 Å². The maximum atomic E-state index is 12.2. The highest BCUT2D eigenvalue weighted by atomic mass is 35.5. The van der Waals surface area contributed by atoms with Gasteiger partial charge < -0.3 is 19.6 Å². The van der Waals surface area contributed by atoms with Gasteiger partial charge in [0.1, 0.15) is 17.4 Å². The molecule has 0 bridgehead atoms. The molecule has 0 saturated carbocycles. The highest BCUT2D eigenvalue weighted by molar-refractivity contribution is 6.32. The van der Waals surface area contributed by atoms with Gasteiger partial charge in [-0.15, -0.1) is 0 Å². The number of carbonyl (C=O) groups is 2. The predicted molar refractivity (Wildman–Crippen MR) is 92.3 cm³/mol. The Kier molecular flexibility index (Phi) is 5.69. The lowest BCUT2D eigenvalue weighted by Crippen LogP contribution is -2.41. The summed E-state index contributed by atoms with van der Waals surface area (Å²) in [4.78, 5) is 35.3. The number of fused-ring (bicyclic) bond motifs is 1. The molecular weight excluding hydrogens is 350 g/mol. The van der Waals surface area contributed by atoms with E-state index in [2.05, 4.69) is 5.32 Å². The van der Waals surface area contributed by atoms with Crippen LogP contribution in [-0.4, -0.2) is 30.1 Å². The molecule has 0 radical (unpaired) electrons. The summed E-state index contributed by atoms with van der Waals surface area (Å²) in [7, 11) is 1.45. The Labute approximate surface area is 148 Å². The van der Waals surface area contributed by atoms with Gasteiger partial charge in [0.2, 0.25) is 5.91 Å². The van der Waals surface area contributed by atoms with Crippen LogP contribution in [0.2, 0.25) is 5.02 Å². The molecule has 0 fully saturated rings. The van der Waals surface area contributed by atoms with E-state index < -0.39 is 23.5 Å². The Morgan fingerprint density at radius 3 is 2.64 bits per heavy atom. The first-order chi connectivity index (χ1) is 11.8. The summed E-state index contributed by atoms with van der Waals surface area (Å²) in [5, 5.41) is 12.3. The minimum absolute atomic E-state index is 0.159. The number of ether oxygens (including phenoxy) is 1. The molecule has 2 rings (SSSR count). The van der Waals surface area contributed by atoms with E-state index in [4.69, 9.17) is 25.9 Å². The van der Waals surface area contributed by atoms with Crippen molar-refractivity contribution in [2.45, 2.75) is 32.7 Å². The number of hydrogen-bond acceptors (Lipinski definition) is 5. The molecule has 8 heteroatoms. The maximum absolute atomic E-state index is 12.2. The number of benzene rings is 1. The van der Waals surface area contributed by atoms with Crippen molar-refractivity contribution in [2.24, 2.45) is 0 Å². The van der Waals surface area contributed by atoms with Crippen LogP contribution in [0, 0.1) is 6.92 Å². The number of methoxy groups -OCH3 is 1. The number of nitrogens with one attached hydrogen (secondary N) is 1. The maximum Gasteiger partial charge on any atom is 0.340 e. The lowest BCUT2D eigenvalue weighted by molar-refractivity contribution is -0.141. The van der Waals surface area contributed by atoms with Crippen LogP contribution < -0.4 is 15.7 Å². The van der Waals surface area contributed by atoms with E-state index >= 15 is 0 Å². The van der Waals surface area contributed by atoms with Crippen LogP contribution in [0.15, 0.2) is 21.3 Å². The van der Waals surface area contributed by atoms with Gasteiger partial charge in [0.25, 0.3) is 0 Å². The first-order valence-corrected chi connectivity index (χ1v) is 7.98. The highest BCUT2D eigenvalue weighted by Gasteiger charge is 2.21. The lowest BCUT2D eigenvalue weighted by atomic mass is 10.0. The third-order valence-corrected chi connectivity index (χ3v) is 4.23. The van der Waals surface area contributed by atoms with Crippen molar-refractivity contribution in [2.75, 3.05) is 7.11 Å². The Hall–Kier alpha value is -2.54. The van der Waals surface area contributed by atoms with Gasteiger partial charge in [0, 0.05) is 11.5 Å². The van der Waals surface area contributed by atoms with Crippen molar-refractivity contribution in [3.63, 3.8) is 0 Å². The van der Waals surface area contributed by atoms with Gasteiger partial charge in [0.15, 0.2) is 0 Å². The van der Waals surface area contributed by atoms with Crippen LogP contribution in [0.1, 0.15) is 24.5 Å². The van der Waals surface area contributed by atoms with Crippen LogP contribution in [0.3, 0.4) is 0 Å². The molecule has 0 saturated heterocycles. The number of hydrogen-bond donors (Lipinski definition) is 2. The second-order valence-electron chi connectivity index (χ2n) is 5.52. The molecule has 2 aromatic rings. The van der Waals surface area contributed by atoms with Crippen LogP contribution in [0.5, 0.6) is 5.75 Å². The van der Waals surface area contributed by atoms with Gasteiger partial charge in [-0.3, -0.25) is 4.79 Å². The van der Waals surface area contributed by atoms with Gasteiger partial charge in [-0.05, 0) is 25.0 Å². The smallest absolute Gasteiger partial charge is 0.340 e. The fourth-order valence-corrected chi connectivity index (χ4v) is 2.74. The second kappa shape index (κ2) is 7.57. The predicted octanol–water partition coefficient (Wildman–Crippen LogP) is 2.29. The van der Waals surface area contributed by atoms with Crippen molar-refractivity contribution < 1.29 is 23.8 Å². The standard InChI is InChI=1S/C17H18ClNO6/c1-4-12(16(21)22)19-15(20)6-10-8(2)9-5-11(18)14(24-3)7-13(9)25-17(10)23/h5,7,12H,4,6H2,1-3H3,(H,19,20)(H,21,22)/t12-/m1/s1. The summed E-state index contributed by atoms with van der Waals surface area (Å²) in [6.07, 6.45) is -0.0423. The molecule has 0 aliphatic rings. The van der Waals surface area contributed by atoms with Crippen LogP contribution in [-0.2, 0) is 16.0 Å². The van der Waals surface area contributed by atoms with Crippen LogP contribution >= 0.6 is 11.6 Å². The number of aryl methyl sites for hydroxylation is 1. The van der Waals surface area contributed by atoms with E-state index in [-0.39, 0.29) is 18.4 Å². The minimum atomic E-state index is -1.13. The fourth-order valence-electron chi connectivity index (χ4n) is 2.49. The largest absolute Gasteiger partial charge is 0.495 e. The number of rotatable bonds is 6. The van der Waals surface area contributed by atoms with Crippen molar-refractivity contribution in [3.8, 4) is 5.75 Å². The third kappa shape index (κ3) is 3.93. The highest BCUT2D eigenvalue weighted by Crippen LogP contribution is 2.31. The normalized spacial score (nSPS) is 12.0. The summed E-state index contributed by atoms with van der Waals surface area (Å²) in [5.74, 6) is -1.32. The first kappa shape index (κ1) is 18.8. The molecule has 1 heterocycles. The average molecular weight is 368 g/mol. The zero-order valence-electron chi connectivity index (χ0n) is 14.0. The monoisotopic (exact) mass is 367 g/mol. The van der Waals surface area contributed by atoms with Crippen molar-refractivity contribution in [3.05, 3.63) is 38.7 Å². The van der Waals surface area contributed by atoms with E-state index in [0.717, 1.165) is 0 Å². The zero-order valence-corrected chi connectivity index (χ0v) is 14.8. The molecule has 0 spiro atoms. The zero-order chi connectivity index (χ0) is 18.7. The van der Waals surface area contributed by atoms with Gasteiger partial charge >= 0.3 is 11.6 Å². The quantitative estimate of drug-likeness (QED) is 0.759. The molecule has 2 N–H and O–H groups in total. The van der Waals surface area contributed by atoms with E-state index in [1.807, 2.05) is 0 Å². The van der Waals surface area contributed by atoms with Gasteiger partial charge in [-0.2, -0.15) is 0 Å². The molecule has 0 aliphatic carbocycles. The minimum Gasteiger partial charge on any atom is -0.495 e. The topological polar surface area (TPSA) is 106 Å². The summed E-state index contributed by atoms with van der Waals surface area (Å²) in [5.41, 5.74) is 0.346. The van der Waals surface area contributed by atoms with Crippen LogP contribution in [0.4, 0.5) is 0 Å². The average Bonchev–Trinajstić information content (AvgIpc) is 2.56. The summed E-state index contributed by atoms with van der Waals surface area (Å²) in [6.45, 7) is 3.32. The molecular formula is C17H18ClNO6. The number of amides is 1. The van der Waals surface area contributed by atoms with E-state index in [1.54, 1.807) is 19.9 Å². The van der Waals surface area contributed by atoms with Crippen molar-refractivity contribution in [1.29, 1.82) is 0 Å². The Morgan fingerprint density at radius 1 is 1.40 bits per heavy atom. The third-order valence-electron chi connectivity index (χ3n) is 3.94. The van der Waals surface area contributed by atoms with Crippen molar-refractivity contribution >= 4 is 34.4 Å². The fraction of sp³-hybridized carbons (Fsp3) is 0.353. The molecule has 0 aliphatic heterocycles. The Morgan fingerprint density at radius 2 is 2.08 bits per heavy atom. The van der Waals surface area contributed by atoms with Crippen molar-refractivity contribution in [1.82, 2.24) is 5.32 Å². The first-order valence-electron chi connectivity index (χ1n) is 7.60. The number of aliphatic carboxylic acids is 1. The molecule has 0 unspecified atom stereocenters. The number of carbonyl (C=O) groups excluding carboxylic acids is 1. The van der Waals surface area contributed by atoms with Gasteiger partial charge in [0.05, 0.1) is 24.1 Å². The SMILES string of the molecule is CC[C@@H](NC(=O)Cc1c(C)c2cc(Cl)c(OC)cc2oc1=O)C(=O)O. The van der Waals surface area contributed by atoms with E-state index in [0.29, 0.717) is 27.3 Å². The summed E-state index contributed by atoms with van der Waals surface area (Å²) < 4.78 is 10.4.